The highest BCUT2D eigenvalue weighted by molar-refractivity contribution is 6.55. The summed E-state index contributed by atoms with van der Waals surface area (Å²) in [5.41, 5.74) is 13.1. The van der Waals surface area contributed by atoms with Crippen molar-refractivity contribution in [3.8, 4) is 11.1 Å². The van der Waals surface area contributed by atoms with E-state index in [0.29, 0.717) is 5.92 Å². The fourth-order valence-electron chi connectivity index (χ4n) is 5.44. The molecule has 0 amide bonds. The number of fused-ring (bicyclic) bond motifs is 3. The summed E-state index contributed by atoms with van der Waals surface area (Å²) in [6.07, 6.45) is 8.21. The van der Waals surface area contributed by atoms with Crippen LogP contribution in [-0.2, 0) is 10.8 Å². The zero-order valence-electron chi connectivity index (χ0n) is 18.8. The highest BCUT2D eigenvalue weighted by Gasteiger charge is 2.49. The molecule has 0 aromatic heterocycles. The van der Waals surface area contributed by atoms with E-state index in [2.05, 4.69) is 96.2 Å². The molecule has 0 N–H and O–H groups in total. The van der Waals surface area contributed by atoms with Crippen LogP contribution in [0.25, 0.3) is 11.1 Å². The van der Waals surface area contributed by atoms with E-state index < -0.39 is 0 Å². The fraction of sp³-hybridized carbons (Fsp3) is 0.429. The third-order valence-electron chi connectivity index (χ3n) is 7.34. The maximum absolute atomic E-state index is 2.56. The molecule has 2 aromatic rings. The molecule has 29 heavy (non-hydrogen) atoms. The molecule has 0 radical (unpaired) electrons. The van der Waals surface area contributed by atoms with Crippen LogP contribution in [0.2, 0.25) is 11.1 Å². The maximum Gasteiger partial charge on any atom is 0.0330 e. The molecule has 2 aliphatic carbocycles. The van der Waals surface area contributed by atoms with Gasteiger partial charge in [-0.05, 0) is 61.7 Å². The molecule has 0 nitrogen and oxygen atoms in total. The summed E-state index contributed by atoms with van der Waals surface area (Å²) in [6, 6.07) is 14.7. The van der Waals surface area contributed by atoms with Gasteiger partial charge in [0.15, 0.2) is 0 Å². The molecule has 0 saturated carbocycles. The van der Waals surface area contributed by atoms with Crippen LogP contribution in [0.15, 0.2) is 60.2 Å². The summed E-state index contributed by atoms with van der Waals surface area (Å²) < 4.78 is 0. The largest absolute Gasteiger partial charge is 0.0805 e. The molecular weight excluding hydrogens is 364 g/mol. The van der Waals surface area contributed by atoms with E-state index in [9.17, 15) is 0 Å². The fourth-order valence-corrected chi connectivity index (χ4v) is 7.83. The minimum Gasteiger partial charge on any atom is -0.0805 e. The topological polar surface area (TPSA) is 0 Å². The number of hydrogen-bond donors (Lipinski definition) is 0. The Morgan fingerprint density at radius 3 is 1.79 bits per heavy atom. The standard InChI is InChI=1S/C28H34Si/c1-27(2,3)18-11-13-20-21-14-12-19(28(4,5)6)16-23(21)24(22(20)15-18)26-25(29-26)17-9-7-8-10-17/h7-9,11-16,24-26H,10,29H2,1-6H3. The van der Waals surface area contributed by atoms with E-state index >= 15 is 0 Å². The van der Waals surface area contributed by atoms with Crippen molar-refractivity contribution in [3.05, 3.63) is 82.5 Å². The summed E-state index contributed by atoms with van der Waals surface area (Å²) in [6.45, 7) is 14.0. The van der Waals surface area contributed by atoms with E-state index in [1.54, 1.807) is 16.7 Å². The van der Waals surface area contributed by atoms with Crippen molar-refractivity contribution in [2.24, 2.45) is 0 Å². The van der Waals surface area contributed by atoms with E-state index in [-0.39, 0.29) is 20.3 Å². The predicted octanol–water partition coefficient (Wildman–Crippen LogP) is 7.04. The zero-order chi connectivity index (χ0) is 20.6. The van der Waals surface area contributed by atoms with Gasteiger partial charge in [0.1, 0.15) is 0 Å². The van der Waals surface area contributed by atoms with E-state index in [1.807, 2.05) is 0 Å². The van der Waals surface area contributed by atoms with Crippen molar-refractivity contribution in [2.75, 3.05) is 0 Å². The zero-order valence-corrected chi connectivity index (χ0v) is 20.3. The quantitative estimate of drug-likeness (QED) is 0.476. The lowest BCUT2D eigenvalue weighted by atomic mass is 9.82. The molecule has 2 unspecified atom stereocenters. The molecule has 150 valence electrons. The lowest BCUT2D eigenvalue weighted by Gasteiger charge is -2.23. The van der Waals surface area contributed by atoms with Gasteiger partial charge in [-0.15, -0.1) is 0 Å². The summed E-state index contributed by atoms with van der Waals surface area (Å²) in [5, 5.41) is 0. The van der Waals surface area contributed by atoms with Gasteiger partial charge < -0.3 is 0 Å². The van der Waals surface area contributed by atoms with Gasteiger partial charge >= 0.3 is 0 Å². The third kappa shape index (κ3) is 3.19. The van der Waals surface area contributed by atoms with Gasteiger partial charge in [0.05, 0.1) is 0 Å². The van der Waals surface area contributed by atoms with Crippen molar-refractivity contribution in [1.82, 2.24) is 0 Å². The summed E-state index contributed by atoms with van der Waals surface area (Å²) in [4.78, 5) is 0. The van der Waals surface area contributed by atoms with E-state index in [1.165, 1.54) is 28.7 Å². The second kappa shape index (κ2) is 6.32. The van der Waals surface area contributed by atoms with Crippen LogP contribution in [0.4, 0.5) is 0 Å². The Morgan fingerprint density at radius 1 is 0.793 bits per heavy atom. The Bertz CT molecular complexity index is 975. The lowest BCUT2D eigenvalue weighted by Crippen LogP contribution is -2.12. The highest BCUT2D eigenvalue weighted by atomic mass is 28.2. The van der Waals surface area contributed by atoms with Crippen LogP contribution >= 0.6 is 0 Å². The van der Waals surface area contributed by atoms with Gasteiger partial charge in [-0.2, -0.15) is 0 Å². The van der Waals surface area contributed by atoms with Crippen molar-refractivity contribution in [3.63, 3.8) is 0 Å². The number of rotatable bonds is 2. The van der Waals surface area contributed by atoms with Crippen LogP contribution < -0.4 is 0 Å². The molecule has 5 rings (SSSR count). The molecule has 3 aliphatic rings. The minimum absolute atomic E-state index is 0.0444. The average molecular weight is 399 g/mol. The summed E-state index contributed by atoms with van der Waals surface area (Å²) >= 11 is 0. The van der Waals surface area contributed by atoms with Gasteiger partial charge in [-0.3, -0.25) is 0 Å². The second-order valence-electron chi connectivity index (χ2n) is 11.5. The molecule has 1 heterocycles. The smallest absolute Gasteiger partial charge is 0.0330 e. The molecule has 1 aliphatic heterocycles. The van der Waals surface area contributed by atoms with Gasteiger partial charge in [0, 0.05) is 15.4 Å². The van der Waals surface area contributed by atoms with Crippen LogP contribution in [-0.4, -0.2) is 9.52 Å². The average Bonchev–Trinajstić information content (AvgIpc) is 3.11. The number of hydrogen-bond acceptors (Lipinski definition) is 0. The molecular formula is C28H34Si. The molecule has 1 fully saturated rings. The molecule has 1 saturated heterocycles. The summed E-state index contributed by atoms with van der Waals surface area (Å²) in [5.74, 6) is 0.614. The Labute approximate surface area is 179 Å². The Hall–Kier alpha value is -1.86. The van der Waals surface area contributed by atoms with Crippen LogP contribution in [0.1, 0.15) is 76.1 Å². The first-order valence-corrected chi connectivity index (χ1v) is 12.9. The van der Waals surface area contributed by atoms with Crippen molar-refractivity contribution in [2.45, 2.75) is 75.8 Å². The maximum atomic E-state index is 2.56. The normalized spacial score (nSPS) is 24.0. The van der Waals surface area contributed by atoms with Crippen LogP contribution in [0, 0.1) is 0 Å². The molecule has 0 bridgehead atoms. The van der Waals surface area contributed by atoms with E-state index in [0.717, 1.165) is 11.1 Å². The Balaban J connectivity index is 1.63. The van der Waals surface area contributed by atoms with Crippen molar-refractivity contribution >= 4 is 9.52 Å². The van der Waals surface area contributed by atoms with Gasteiger partial charge in [-0.1, -0.05) is 102 Å². The van der Waals surface area contributed by atoms with Crippen LogP contribution in [0.3, 0.4) is 0 Å². The first kappa shape index (κ1) is 19.1. The van der Waals surface area contributed by atoms with Gasteiger partial charge in [0.2, 0.25) is 0 Å². The Morgan fingerprint density at radius 2 is 1.34 bits per heavy atom. The van der Waals surface area contributed by atoms with E-state index in [4.69, 9.17) is 0 Å². The van der Waals surface area contributed by atoms with Gasteiger partial charge in [0.25, 0.3) is 0 Å². The third-order valence-corrected chi connectivity index (χ3v) is 9.82. The SMILES string of the molecule is CC(C)(C)c1ccc2c(c1)C(C1[SiH2]C1C1=CC=CC1)c1cc(C(C)(C)C)ccc1-2. The molecule has 0 spiro atoms. The van der Waals surface area contributed by atoms with Gasteiger partial charge in [-0.25, -0.2) is 0 Å². The second-order valence-corrected chi connectivity index (χ2v) is 13.8. The Kier molecular flexibility index (Phi) is 4.16. The number of benzene rings is 2. The summed E-state index contributed by atoms with van der Waals surface area (Å²) in [7, 11) is -0.0444. The first-order chi connectivity index (χ1) is 13.6. The predicted molar refractivity (Wildman–Crippen MR) is 129 cm³/mol. The lowest BCUT2D eigenvalue weighted by molar-refractivity contribution is 0.587. The molecule has 2 aromatic carbocycles. The molecule has 1 heteroatoms. The van der Waals surface area contributed by atoms with Crippen molar-refractivity contribution in [1.29, 1.82) is 0 Å². The number of allylic oxidation sites excluding steroid dienone is 4. The van der Waals surface area contributed by atoms with Crippen LogP contribution in [0.5, 0.6) is 0 Å². The highest BCUT2D eigenvalue weighted by Crippen LogP contribution is 2.63. The molecule has 2 atom stereocenters. The van der Waals surface area contributed by atoms with Crippen molar-refractivity contribution < 1.29 is 0 Å². The minimum atomic E-state index is -0.0444. The monoisotopic (exact) mass is 398 g/mol. The first-order valence-electron chi connectivity index (χ1n) is 11.3.